The summed E-state index contributed by atoms with van der Waals surface area (Å²) in [5.41, 5.74) is 5.94. The maximum Gasteiger partial charge on any atom is 0.203 e. The lowest BCUT2D eigenvalue weighted by Gasteiger charge is -2.02. The molecule has 0 unspecified atom stereocenters. The Bertz CT molecular complexity index is 475. The summed E-state index contributed by atoms with van der Waals surface area (Å²) in [4.78, 5) is 0. The van der Waals surface area contributed by atoms with Gasteiger partial charge in [0, 0.05) is 5.56 Å². The van der Waals surface area contributed by atoms with Crippen molar-refractivity contribution in [1.82, 2.24) is 10.2 Å². The van der Waals surface area contributed by atoms with Crippen LogP contribution in [0.2, 0.25) is 0 Å². The van der Waals surface area contributed by atoms with E-state index in [9.17, 15) is 4.39 Å². The van der Waals surface area contributed by atoms with Gasteiger partial charge in [0.15, 0.2) is 0 Å². The van der Waals surface area contributed by atoms with Gasteiger partial charge in [-0.15, -0.1) is 10.2 Å². The second-order valence-corrected chi connectivity index (χ2v) is 4.21. The van der Waals surface area contributed by atoms with Gasteiger partial charge in [-0.05, 0) is 6.07 Å². The maximum atomic E-state index is 13.2. The summed E-state index contributed by atoms with van der Waals surface area (Å²) in [6, 6.07) is 6.50. The van der Waals surface area contributed by atoms with Crippen molar-refractivity contribution in [1.29, 1.82) is 0 Å². The average molecular weight is 239 g/mol. The summed E-state index contributed by atoms with van der Waals surface area (Å²) in [7, 11) is 0. The van der Waals surface area contributed by atoms with Crippen LogP contribution in [0.15, 0.2) is 24.3 Å². The standard InChI is InChI=1S/C10H10FN3OS/c11-8-4-2-1-3-7(8)5-15-6-9-13-14-10(12)16-9/h1-4H,5-6H2,(H2,12,14). The van der Waals surface area contributed by atoms with E-state index in [0.717, 1.165) is 0 Å². The molecule has 84 valence electrons. The van der Waals surface area contributed by atoms with Crippen molar-refractivity contribution in [3.63, 3.8) is 0 Å². The molecular formula is C10H10FN3OS. The average Bonchev–Trinajstić information content (AvgIpc) is 2.67. The number of nitrogen functional groups attached to an aromatic ring is 1. The Morgan fingerprint density at radius 2 is 2.06 bits per heavy atom. The minimum atomic E-state index is -0.265. The van der Waals surface area contributed by atoms with Crippen LogP contribution >= 0.6 is 11.3 Å². The molecule has 0 radical (unpaired) electrons. The van der Waals surface area contributed by atoms with Crippen molar-refractivity contribution < 1.29 is 9.13 Å². The van der Waals surface area contributed by atoms with E-state index in [1.54, 1.807) is 18.2 Å². The predicted octanol–water partition coefficient (Wildman–Crippen LogP) is 1.98. The summed E-state index contributed by atoms with van der Waals surface area (Å²) in [6.45, 7) is 0.509. The van der Waals surface area contributed by atoms with E-state index >= 15 is 0 Å². The van der Waals surface area contributed by atoms with Crippen LogP contribution in [0, 0.1) is 5.82 Å². The first-order chi connectivity index (χ1) is 7.75. The zero-order chi connectivity index (χ0) is 11.4. The molecule has 2 rings (SSSR count). The number of rotatable bonds is 4. The molecule has 6 heteroatoms. The highest BCUT2D eigenvalue weighted by Gasteiger charge is 2.03. The number of aromatic nitrogens is 2. The fourth-order valence-electron chi connectivity index (χ4n) is 1.19. The van der Waals surface area contributed by atoms with E-state index < -0.39 is 0 Å². The molecule has 1 aromatic heterocycles. The number of ether oxygens (including phenoxy) is 1. The van der Waals surface area contributed by atoms with Gasteiger partial charge in [-0.1, -0.05) is 29.5 Å². The number of hydrogen-bond donors (Lipinski definition) is 1. The van der Waals surface area contributed by atoms with E-state index in [2.05, 4.69) is 10.2 Å². The van der Waals surface area contributed by atoms with E-state index in [-0.39, 0.29) is 12.4 Å². The second kappa shape index (κ2) is 5.00. The van der Waals surface area contributed by atoms with Crippen molar-refractivity contribution in [2.24, 2.45) is 0 Å². The topological polar surface area (TPSA) is 61.0 Å². The van der Waals surface area contributed by atoms with Crippen molar-refractivity contribution in [3.05, 3.63) is 40.7 Å². The third-order valence-electron chi connectivity index (χ3n) is 1.92. The van der Waals surface area contributed by atoms with Crippen LogP contribution in [0.5, 0.6) is 0 Å². The molecule has 0 atom stereocenters. The van der Waals surface area contributed by atoms with Crippen LogP contribution in [0.3, 0.4) is 0 Å². The molecule has 0 amide bonds. The van der Waals surface area contributed by atoms with Gasteiger partial charge in [0.05, 0.1) is 6.61 Å². The van der Waals surface area contributed by atoms with E-state index in [1.165, 1.54) is 17.4 Å². The molecule has 1 aromatic carbocycles. The van der Waals surface area contributed by atoms with E-state index in [1.807, 2.05) is 0 Å². The SMILES string of the molecule is Nc1nnc(COCc2ccccc2F)s1. The summed E-state index contributed by atoms with van der Waals surface area (Å²) >= 11 is 1.26. The van der Waals surface area contributed by atoms with Gasteiger partial charge >= 0.3 is 0 Å². The maximum absolute atomic E-state index is 13.2. The molecule has 0 spiro atoms. The Morgan fingerprint density at radius 3 is 2.75 bits per heavy atom. The van der Waals surface area contributed by atoms with Gasteiger partial charge in [-0.25, -0.2) is 4.39 Å². The smallest absolute Gasteiger partial charge is 0.203 e. The van der Waals surface area contributed by atoms with E-state index in [0.29, 0.717) is 22.3 Å². The Kier molecular flexibility index (Phi) is 3.43. The van der Waals surface area contributed by atoms with Crippen molar-refractivity contribution in [2.75, 3.05) is 5.73 Å². The van der Waals surface area contributed by atoms with Crippen molar-refractivity contribution in [3.8, 4) is 0 Å². The van der Waals surface area contributed by atoms with Crippen LogP contribution in [-0.4, -0.2) is 10.2 Å². The number of nitrogens with two attached hydrogens (primary N) is 1. The fourth-order valence-corrected chi connectivity index (χ4v) is 1.74. The Balaban J connectivity index is 1.87. The molecule has 2 aromatic rings. The summed E-state index contributed by atoms with van der Waals surface area (Å²) in [5, 5.41) is 8.54. The fraction of sp³-hybridized carbons (Fsp3) is 0.200. The number of nitrogens with zero attached hydrogens (tertiary/aromatic N) is 2. The van der Waals surface area contributed by atoms with Gasteiger partial charge in [-0.2, -0.15) is 0 Å². The lowest BCUT2D eigenvalue weighted by molar-refractivity contribution is 0.104. The highest BCUT2D eigenvalue weighted by molar-refractivity contribution is 7.15. The molecule has 0 aliphatic heterocycles. The lowest BCUT2D eigenvalue weighted by atomic mass is 10.2. The molecule has 1 heterocycles. The first-order valence-corrected chi connectivity index (χ1v) is 5.46. The Labute approximate surface area is 95.9 Å². The molecule has 16 heavy (non-hydrogen) atoms. The van der Waals surface area contributed by atoms with Crippen LogP contribution < -0.4 is 5.73 Å². The van der Waals surface area contributed by atoms with Crippen LogP contribution in [0.25, 0.3) is 0 Å². The third kappa shape index (κ3) is 2.74. The minimum Gasteiger partial charge on any atom is -0.374 e. The number of halogens is 1. The molecule has 0 saturated carbocycles. The summed E-state index contributed by atoms with van der Waals surface area (Å²) in [5.74, 6) is -0.265. The summed E-state index contributed by atoms with van der Waals surface area (Å²) < 4.78 is 18.5. The van der Waals surface area contributed by atoms with Gasteiger partial charge in [0.2, 0.25) is 5.13 Å². The zero-order valence-electron chi connectivity index (χ0n) is 8.39. The summed E-state index contributed by atoms with van der Waals surface area (Å²) in [6.07, 6.45) is 0. The number of benzene rings is 1. The lowest BCUT2D eigenvalue weighted by Crippen LogP contribution is -1.96. The molecule has 0 aliphatic carbocycles. The molecule has 0 fully saturated rings. The predicted molar refractivity (Wildman–Crippen MR) is 59.2 cm³/mol. The monoisotopic (exact) mass is 239 g/mol. The van der Waals surface area contributed by atoms with Crippen LogP contribution in [-0.2, 0) is 18.0 Å². The van der Waals surface area contributed by atoms with Gasteiger partial charge in [0.1, 0.15) is 17.4 Å². The second-order valence-electron chi connectivity index (χ2n) is 3.12. The highest BCUT2D eigenvalue weighted by atomic mass is 32.1. The van der Waals surface area contributed by atoms with Crippen LogP contribution in [0.4, 0.5) is 9.52 Å². The Morgan fingerprint density at radius 1 is 1.25 bits per heavy atom. The number of hydrogen-bond acceptors (Lipinski definition) is 5. The van der Waals surface area contributed by atoms with E-state index in [4.69, 9.17) is 10.5 Å². The Hall–Kier alpha value is -1.53. The van der Waals surface area contributed by atoms with Crippen molar-refractivity contribution >= 4 is 16.5 Å². The molecule has 0 aliphatic rings. The first kappa shape index (κ1) is 11.0. The normalized spacial score (nSPS) is 10.6. The van der Waals surface area contributed by atoms with Gasteiger partial charge in [0.25, 0.3) is 0 Å². The van der Waals surface area contributed by atoms with Gasteiger partial charge < -0.3 is 10.5 Å². The molecule has 0 bridgehead atoms. The molecule has 0 saturated heterocycles. The largest absolute Gasteiger partial charge is 0.374 e. The zero-order valence-corrected chi connectivity index (χ0v) is 9.21. The van der Waals surface area contributed by atoms with Crippen LogP contribution in [0.1, 0.15) is 10.6 Å². The highest BCUT2D eigenvalue weighted by Crippen LogP contribution is 2.13. The third-order valence-corrected chi connectivity index (χ3v) is 2.65. The number of anilines is 1. The molecule has 4 nitrogen and oxygen atoms in total. The minimum absolute atomic E-state index is 0.214. The first-order valence-electron chi connectivity index (χ1n) is 4.64. The van der Waals surface area contributed by atoms with Gasteiger partial charge in [-0.3, -0.25) is 0 Å². The molecular weight excluding hydrogens is 229 g/mol. The molecule has 2 N–H and O–H groups in total. The van der Waals surface area contributed by atoms with Crippen molar-refractivity contribution in [2.45, 2.75) is 13.2 Å². The quantitative estimate of drug-likeness (QED) is 0.886.